The number of nitrogens with zero attached hydrogens (tertiary/aromatic N) is 3. The molecule has 0 bridgehead atoms. The molecular weight excluding hydrogens is 340 g/mol. The predicted octanol–water partition coefficient (Wildman–Crippen LogP) is 5.20. The van der Waals surface area contributed by atoms with Gasteiger partial charge in [-0.05, 0) is 42.4 Å². The van der Waals surface area contributed by atoms with Crippen molar-refractivity contribution in [2.45, 2.75) is 6.92 Å². The van der Waals surface area contributed by atoms with Gasteiger partial charge in [-0.3, -0.25) is 0 Å². The second-order valence-electron chi connectivity index (χ2n) is 5.22. The molecule has 0 aliphatic heterocycles. The van der Waals surface area contributed by atoms with Crippen LogP contribution in [0, 0.1) is 4.77 Å². The van der Waals surface area contributed by atoms with Gasteiger partial charge in [0.25, 0.3) is 0 Å². The molecule has 0 spiro atoms. The molecule has 1 N–H and O–H groups in total. The molecule has 6 heteroatoms. The summed E-state index contributed by atoms with van der Waals surface area (Å²) in [4.78, 5) is 0. The number of aromatic nitrogens is 3. The van der Waals surface area contributed by atoms with Gasteiger partial charge in [0, 0.05) is 10.6 Å². The van der Waals surface area contributed by atoms with Crippen LogP contribution in [0.25, 0.3) is 17.5 Å². The van der Waals surface area contributed by atoms with Crippen LogP contribution < -0.4 is 0 Å². The summed E-state index contributed by atoms with van der Waals surface area (Å²) in [5.74, 6) is 0.617. The number of nitrogens with one attached hydrogen (secondary N) is 1. The molecule has 120 valence electrons. The van der Waals surface area contributed by atoms with Gasteiger partial charge in [0.15, 0.2) is 5.82 Å². The van der Waals surface area contributed by atoms with Gasteiger partial charge >= 0.3 is 0 Å². The Morgan fingerprint density at radius 1 is 1.21 bits per heavy atom. The molecule has 3 aromatic rings. The molecule has 0 amide bonds. The largest absolute Gasteiger partial charge is 0.250 e. The molecule has 0 saturated heterocycles. The molecular formula is C18H15ClN4S. The van der Waals surface area contributed by atoms with Crippen LogP contribution in [0.2, 0.25) is 5.02 Å². The van der Waals surface area contributed by atoms with E-state index in [2.05, 4.69) is 15.3 Å². The highest BCUT2D eigenvalue weighted by Gasteiger charge is 2.08. The summed E-state index contributed by atoms with van der Waals surface area (Å²) >= 11 is 11.3. The lowest BCUT2D eigenvalue weighted by Gasteiger charge is -2.01. The Hall–Kier alpha value is -2.50. The highest BCUT2D eigenvalue weighted by Crippen LogP contribution is 2.21. The molecule has 1 aromatic heterocycles. The monoisotopic (exact) mass is 354 g/mol. The molecule has 24 heavy (non-hydrogen) atoms. The van der Waals surface area contributed by atoms with Crippen LogP contribution in [0.1, 0.15) is 12.5 Å². The summed E-state index contributed by atoms with van der Waals surface area (Å²) in [6.07, 6.45) is 3.80. The Labute approximate surface area is 150 Å². The maximum atomic E-state index is 6.05. The summed E-state index contributed by atoms with van der Waals surface area (Å²) in [5, 5.41) is 12.1. The minimum absolute atomic E-state index is 0.425. The first-order chi connectivity index (χ1) is 11.6. The fourth-order valence-electron chi connectivity index (χ4n) is 2.21. The zero-order valence-corrected chi connectivity index (χ0v) is 14.6. The van der Waals surface area contributed by atoms with Gasteiger partial charge in [-0.1, -0.05) is 60.1 Å². The third-order valence-corrected chi connectivity index (χ3v) is 3.80. The van der Waals surface area contributed by atoms with Crippen LogP contribution >= 0.6 is 23.8 Å². The average Bonchev–Trinajstić information content (AvgIpc) is 2.95. The van der Waals surface area contributed by atoms with Crippen LogP contribution in [-0.2, 0) is 0 Å². The Kier molecular flexibility index (Phi) is 5.03. The third kappa shape index (κ3) is 3.88. The number of H-pyrrole nitrogens is 1. The fraction of sp³-hybridized carbons (Fsp3) is 0.0556. The van der Waals surface area contributed by atoms with Crippen molar-refractivity contribution in [3.05, 3.63) is 75.5 Å². The molecule has 0 aliphatic rings. The number of hydrogen-bond donors (Lipinski definition) is 1. The number of allylic oxidation sites excluding steroid dienone is 1. The van der Waals surface area contributed by atoms with Crippen LogP contribution in [0.3, 0.4) is 0 Å². The first-order valence-electron chi connectivity index (χ1n) is 7.34. The van der Waals surface area contributed by atoms with Crippen LogP contribution in [0.5, 0.6) is 0 Å². The number of halogens is 1. The number of benzene rings is 2. The van der Waals surface area contributed by atoms with Crippen LogP contribution in [0.15, 0.2) is 65.3 Å². The van der Waals surface area contributed by atoms with Crippen molar-refractivity contribution in [1.29, 1.82) is 0 Å². The van der Waals surface area contributed by atoms with E-state index in [1.807, 2.05) is 67.6 Å². The van der Waals surface area contributed by atoms with Crippen molar-refractivity contribution < 1.29 is 0 Å². The summed E-state index contributed by atoms with van der Waals surface area (Å²) in [7, 11) is 0. The zero-order valence-electron chi connectivity index (χ0n) is 13.0. The molecule has 0 saturated carbocycles. The first-order valence-corrected chi connectivity index (χ1v) is 8.13. The lowest BCUT2D eigenvalue weighted by Crippen LogP contribution is -1.95. The van der Waals surface area contributed by atoms with E-state index in [-0.39, 0.29) is 0 Å². The van der Waals surface area contributed by atoms with Gasteiger partial charge in [-0.25, -0.2) is 5.10 Å². The Balaban J connectivity index is 1.92. The van der Waals surface area contributed by atoms with Crippen molar-refractivity contribution >= 4 is 36.1 Å². The molecule has 0 unspecified atom stereocenters. The standard InChI is InChI=1S/C18H15ClN4S/c1-13(10-14-6-3-2-4-7-14)12-20-23-17(21-22-18(23)24)15-8-5-9-16(19)11-15/h2-12H,1H3,(H,22,24)/b13-10+,20-12-. The number of aromatic amines is 1. The fourth-order valence-corrected chi connectivity index (χ4v) is 2.58. The van der Waals surface area contributed by atoms with E-state index < -0.39 is 0 Å². The Bertz CT molecular complexity index is 954. The van der Waals surface area contributed by atoms with E-state index in [1.54, 1.807) is 10.9 Å². The van der Waals surface area contributed by atoms with Gasteiger partial charge in [-0.2, -0.15) is 14.9 Å². The van der Waals surface area contributed by atoms with Gasteiger partial charge in [0.2, 0.25) is 4.77 Å². The quantitative estimate of drug-likeness (QED) is 0.517. The van der Waals surface area contributed by atoms with E-state index in [0.717, 1.165) is 16.7 Å². The summed E-state index contributed by atoms with van der Waals surface area (Å²) < 4.78 is 2.01. The maximum absolute atomic E-state index is 6.05. The summed E-state index contributed by atoms with van der Waals surface area (Å²) in [5.41, 5.74) is 2.96. The van der Waals surface area contributed by atoms with Crippen LogP contribution in [0.4, 0.5) is 0 Å². The van der Waals surface area contributed by atoms with Crippen molar-refractivity contribution in [3.8, 4) is 11.4 Å². The van der Waals surface area contributed by atoms with Gasteiger partial charge < -0.3 is 0 Å². The minimum atomic E-state index is 0.425. The van der Waals surface area contributed by atoms with E-state index >= 15 is 0 Å². The molecule has 4 nitrogen and oxygen atoms in total. The van der Waals surface area contributed by atoms with Crippen molar-refractivity contribution in [1.82, 2.24) is 14.9 Å². The summed E-state index contributed by atoms with van der Waals surface area (Å²) in [6, 6.07) is 17.5. The van der Waals surface area contributed by atoms with Crippen molar-refractivity contribution in [2.24, 2.45) is 5.10 Å². The topological polar surface area (TPSA) is 46.0 Å². The average molecular weight is 355 g/mol. The smallest absolute Gasteiger partial charge is 0.216 e. The van der Waals surface area contributed by atoms with Crippen LogP contribution in [-0.4, -0.2) is 21.1 Å². The van der Waals surface area contributed by atoms with E-state index in [1.165, 1.54) is 0 Å². The molecule has 0 fully saturated rings. The highest BCUT2D eigenvalue weighted by molar-refractivity contribution is 7.71. The molecule has 3 rings (SSSR count). The second-order valence-corrected chi connectivity index (χ2v) is 6.04. The Morgan fingerprint density at radius 2 is 2.00 bits per heavy atom. The molecule has 0 atom stereocenters. The third-order valence-electron chi connectivity index (χ3n) is 3.30. The van der Waals surface area contributed by atoms with Gasteiger partial charge in [0.05, 0.1) is 6.21 Å². The molecule has 2 aromatic carbocycles. The van der Waals surface area contributed by atoms with Crippen molar-refractivity contribution in [3.63, 3.8) is 0 Å². The first kappa shape index (κ1) is 16.4. The normalized spacial score (nSPS) is 12.0. The van der Waals surface area contributed by atoms with E-state index in [0.29, 0.717) is 15.6 Å². The van der Waals surface area contributed by atoms with Gasteiger partial charge in [-0.15, -0.1) is 0 Å². The SMILES string of the molecule is CC(/C=N\n1c(-c2cccc(Cl)c2)n[nH]c1=S)=C\c1ccccc1. The molecule has 0 radical (unpaired) electrons. The Morgan fingerprint density at radius 3 is 2.75 bits per heavy atom. The lowest BCUT2D eigenvalue weighted by molar-refractivity contribution is 0.871. The number of rotatable bonds is 4. The maximum Gasteiger partial charge on any atom is 0.216 e. The minimum Gasteiger partial charge on any atom is -0.250 e. The number of hydrogen-bond acceptors (Lipinski definition) is 3. The summed E-state index contributed by atoms with van der Waals surface area (Å²) in [6.45, 7) is 1.99. The highest BCUT2D eigenvalue weighted by atomic mass is 35.5. The second kappa shape index (κ2) is 7.38. The zero-order chi connectivity index (χ0) is 16.9. The lowest BCUT2D eigenvalue weighted by atomic mass is 10.1. The predicted molar refractivity (Wildman–Crippen MR) is 102 cm³/mol. The molecule has 0 aliphatic carbocycles. The van der Waals surface area contributed by atoms with E-state index in [9.17, 15) is 0 Å². The van der Waals surface area contributed by atoms with E-state index in [4.69, 9.17) is 23.8 Å². The molecule has 1 heterocycles. The van der Waals surface area contributed by atoms with Crippen molar-refractivity contribution in [2.75, 3.05) is 0 Å². The van der Waals surface area contributed by atoms with Gasteiger partial charge in [0.1, 0.15) is 0 Å².